The number of likely N-dealkylation sites (tertiary alicyclic amines) is 1. The highest BCUT2D eigenvalue weighted by Gasteiger charge is 2.45. The van der Waals surface area contributed by atoms with Crippen LogP contribution in [0.3, 0.4) is 0 Å². The van der Waals surface area contributed by atoms with Crippen LogP contribution in [0.15, 0.2) is 115 Å². The standard InChI is InChI=1S/C38H38N2O6/c41-36(31-14-18-33(19-15-31)46-27-29-10-5-2-6-11-29)34-35(30-12-16-32(17-13-30)45-26-28-8-3-1-4-9-28)40(38(43)37(34)42)21-7-20-39-22-24-44-25-23-39/h1-6,8-19,35,41H,7,20-27H2/b36-34+. The maximum absolute atomic E-state index is 13.5. The first-order valence-corrected chi connectivity index (χ1v) is 15.7. The molecule has 2 saturated heterocycles. The number of amides is 1. The van der Waals surface area contributed by atoms with Gasteiger partial charge in [-0.3, -0.25) is 14.5 Å². The summed E-state index contributed by atoms with van der Waals surface area (Å²) in [5.41, 5.74) is 3.33. The van der Waals surface area contributed by atoms with Gasteiger partial charge >= 0.3 is 0 Å². The van der Waals surface area contributed by atoms with Crippen LogP contribution in [0.4, 0.5) is 0 Å². The van der Waals surface area contributed by atoms with Gasteiger partial charge in [-0.25, -0.2) is 0 Å². The van der Waals surface area contributed by atoms with Crippen molar-refractivity contribution in [2.75, 3.05) is 39.4 Å². The summed E-state index contributed by atoms with van der Waals surface area (Å²) in [6, 6.07) is 33.3. The third-order valence-electron chi connectivity index (χ3n) is 8.34. The quantitative estimate of drug-likeness (QED) is 0.119. The van der Waals surface area contributed by atoms with Crippen molar-refractivity contribution in [1.82, 2.24) is 9.80 Å². The van der Waals surface area contributed by atoms with Gasteiger partial charge in [-0.05, 0) is 59.5 Å². The Bertz CT molecular complexity index is 1630. The van der Waals surface area contributed by atoms with Gasteiger partial charge in [0.1, 0.15) is 30.5 Å². The molecule has 4 aromatic rings. The number of carbonyl (C=O) groups is 2. The summed E-state index contributed by atoms with van der Waals surface area (Å²) >= 11 is 0. The third-order valence-corrected chi connectivity index (χ3v) is 8.34. The number of ketones is 1. The average Bonchev–Trinajstić information content (AvgIpc) is 3.36. The van der Waals surface area contributed by atoms with Crippen molar-refractivity contribution in [1.29, 1.82) is 0 Å². The van der Waals surface area contributed by atoms with Gasteiger partial charge in [0, 0.05) is 31.7 Å². The molecule has 0 aromatic heterocycles. The molecule has 236 valence electrons. The zero-order valence-corrected chi connectivity index (χ0v) is 25.7. The number of benzene rings is 4. The van der Waals surface area contributed by atoms with E-state index in [0.29, 0.717) is 56.5 Å². The lowest BCUT2D eigenvalue weighted by molar-refractivity contribution is -0.140. The fourth-order valence-electron chi connectivity index (χ4n) is 5.84. The van der Waals surface area contributed by atoms with Crippen LogP contribution < -0.4 is 9.47 Å². The van der Waals surface area contributed by atoms with Gasteiger partial charge in [0.2, 0.25) is 0 Å². The molecule has 6 rings (SSSR count). The minimum atomic E-state index is -0.734. The Labute approximate surface area is 269 Å². The van der Waals surface area contributed by atoms with E-state index in [2.05, 4.69) is 4.90 Å². The number of hydrogen-bond acceptors (Lipinski definition) is 7. The molecule has 8 heteroatoms. The van der Waals surface area contributed by atoms with Gasteiger partial charge < -0.3 is 24.2 Å². The normalized spacial score (nSPS) is 18.1. The number of Topliss-reactive ketones (excluding diaryl/α,β-unsaturated/α-hetero) is 1. The Morgan fingerprint density at radius 3 is 1.83 bits per heavy atom. The number of aliphatic hydroxyl groups excluding tert-OH is 1. The lowest BCUT2D eigenvalue weighted by Crippen LogP contribution is -2.38. The molecule has 0 saturated carbocycles. The summed E-state index contributed by atoms with van der Waals surface area (Å²) in [6.07, 6.45) is 0.690. The van der Waals surface area contributed by atoms with Gasteiger partial charge in [-0.15, -0.1) is 0 Å². The molecule has 0 aliphatic carbocycles. The van der Waals surface area contributed by atoms with E-state index in [1.165, 1.54) is 0 Å². The largest absolute Gasteiger partial charge is 0.507 e. The first-order chi connectivity index (χ1) is 22.6. The van der Waals surface area contributed by atoms with Crippen LogP contribution in [0, 0.1) is 0 Å². The van der Waals surface area contributed by atoms with E-state index in [9.17, 15) is 14.7 Å². The number of nitrogens with zero attached hydrogens (tertiary/aromatic N) is 2. The molecule has 4 aromatic carbocycles. The zero-order valence-electron chi connectivity index (χ0n) is 25.7. The molecule has 0 spiro atoms. The molecule has 46 heavy (non-hydrogen) atoms. The summed E-state index contributed by atoms with van der Waals surface area (Å²) in [7, 11) is 0. The molecule has 2 aliphatic heterocycles. The van der Waals surface area contributed by atoms with Crippen molar-refractivity contribution < 1.29 is 28.9 Å². The number of carbonyl (C=O) groups excluding carboxylic acids is 2. The molecular formula is C38H38N2O6. The van der Waals surface area contributed by atoms with Crippen molar-refractivity contribution in [3.63, 3.8) is 0 Å². The molecule has 8 nitrogen and oxygen atoms in total. The number of rotatable bonds is 12. The van der Waals surface area contributed by atoms with E-state index < -0.39 is 17.7 Å². The van der Waals surface area contributed by atoms with Crippen LogP contribution in [0.1, 0.15) is 34.7 Å². The van der Waals surface area contributed by atoms with Crippen LogP contribution in [-0.4, -0.2) is 66.0 Å². The zero-order chi connectivity index (χ0) is 31.7. The predicted octanol–water partition coefficient (Wildman–Crippen LogP) is 5.99. The van der Waals surface area contributed by atoms with Crippen LogP contribution >= 0.6 is 0 Å². The second kappa shape index (κ2) is 14.9. The fourth-order valence-corrected chi connectivity index (χ4v) is 5.84. The van der Waals surface area contributed by atoms with Crippen molar-refractivity contribution in [2.45, 2.75) is 25.7 Å². The fraction of sp³-hybridized carbons (Fsp3) is 0.263. The van der Waals surface area contributed by atoms with E-state index in [-0.39, 0.29) is 11.3 Å². The summed E-state index contributed by atoms with van der Waals surface area (Å²) in [5.74, 6) is -0.212. The molecule has 2 heterocycles. The van der Waals surface area contributed by atoms with Crippen molar-refractivity contribution >= 4 is 17.4 Å². The highest BCUT2D eigenvalue weighted by molar-refractivity contribution is 6.46. The maximum atomic E-state index is 13.5. The average molecular weight is 619 g/mol. The lowest BCUT2D eigenvalue weighted by atomic mass is 9.95. The van der Waals surface area contributed by atoms with Gasteiger partial charge in [0.05, 0.1) is 24.8 Å². The summed E-state index contributed by atoms with van der Waals surface area (Å²) in [5, 5.41) is 11.5. The minimum absolute atomic E-state index is 0.0762. The second-order valence-electron chi connectivity index (χ2n) is 11.4. The predicted molar refractivity (Wildman–Crippen MR) is 175 cm³/mol. The van der Waals surface area contributed by atoms with Crippen LogP contribution in [-0.2, 0) is 27.5 Å². The number of ether oxygens (including phenoxy) is 3. The van der Waals surface area contributed by atoms with E-state index in [1.54, 1.807) is 29.2 Å². The SMILES string of the molecule is O=C1C(=O)N(CCCN2CCOCC2)C(c2ccc(OCc3ccccc3)cc2)/C1=C(\O)c1ccc(OCc2ccccc2)cc1. The molecule has 0 bridgehead atoms. The number of aliphatic hydroxyl groups is 1. The van der Waals surface area contributed by atoms with E-state index >= 15 is 0 Å². The topological polar surface area (TPSA) is 88.5 Å². The van der Waals surface area contributed by atoms with E-state index in [1.807, 2.05) is 84.9 Å². The summed E-state index contributed by atoms with van der Waals surface area (Å²) in [6.45, 7) is 5.07. The molecule has 1 unspecified atom stereocenters. The van der Waals surface area contributed by atoms with Gasteiger partial charge in [-0.1, -0.05) is 72.8 Å². The Hall–Kier alpha value is -4.92. The lowest BCUT2D eigenvalue weighted by Gasteiger charge is -2.29. The van der Waals surface area contributed by atoms with E-state index in [0.717, 1.165) is 36.3 Å². The molecule has 0 radical (unpaired) electrons. The Balaban J connectivity index is 1.23. The molecule has 1 amide bonds. The van der Waals surface area contributed by atoms with Crippen molar-refractivity contribution in [3.8, 4) is 11.5 Å². The van der Waals surface area contributed by atoms with Gasteiger partial charge in [-0.2, -0.15) is 0 Å². The minimum Gasteiger partial charge on any atom is -0.507 e. The molecule has 1 atom stereocenters. The van der Waals surface area contributed by atoms with Crippen LogP contribution in [0.25, 0.3) is 5.76 Å². The second-order valence-corrected chi connectivity index (χ2v) is 11.4. The number of morpholine rings is 1. The van der Waals surface area contributed by atoms with Crippen LogP contribution in [0.5, 0.6) is 11.5 Å². The molecule has 2 aliphatic rings. The summed E-state index contributed by atoms with van der Waals surface area (Å²) < 4.78 is 17.3. The Morgan fingerprint density at radius 2 is 1.26 bits per heavy atom. The smallest absolute Gasteiger partial charge is 0.295 e. The van der Waals surface area contributed by atoms with Gasteiger partial charge in [0.15, 0.2) is 0 Å². The van der Waals surface area contributed by atoms with Gasteiger partial charge in [0.25, 0.3) is 11.7 Å². The highest BCUT2D eigenvalue weighted by Crippen LogP contribution is 2.40. The molecule has 1 N–H and O–H groups in total. The molecule has 2 fully saturated rings. The molecular weight excluding hydrogens is 580 g/mol. The van der Waals surface area contributed by atoms with Crippen molar-refractivity contribution in [3.05, 3.63) is 137 Å². The first kappa shape index (κ1) is 31.1. The van der Waals surface area contributed by atoms with E-state index in [4.69, 9.17) is 14.2 Å². The van der Waals surface area contributed by atoms with Crippen molar-refractivity contribution in [2.24, 2.45) is 0 Å². The number of hydrogen-bond donors (Lipinski definition) is 1. The Morgan fingerprint density at radius 1 is 0.717 bits per heavy atom. The highest BCUT2D eigenvalue weighted by atomic mass is 16.5. The Kier molecular flexibility index (Phi) is 10.1. The first-order valence-electron chi connectivity index (χ1n) is 15.7. The monoisotopic (exact) mass is 618 g/mol. The third kappa shape index (κ3) is 7.47. The summed E-state index contributed by atoms with van der Waals surface area (Å²) in [4.78, 5) is 30.9. The maximum Gasteiger partial charge on any atom is 0.295 e. The van der Waals surface area contributed by atoms with Crippen LogP contribution in [0.2, 0.25) is 0 Å².